The predicted octanol–water partition coefficient (Wildman–Crippen LogP) is 3.47. The minimum absolute atomic E-state index is 0.349. The first kappa shape index (κ1) is 13.3. The Labute approximate surface area is 121 Å². The summed E-state index contributed by atoms with van der Waals surface area (Å²) in [6.45, 7) is 0.713. The van der Waals surface area contributed by atoms with Gasteiger partial charge in [-0.1, -0.05) is 0 Å². The Kier molecular flexibility index (Phi) is 3.64. The lowest BCUT2D eigenvalue weighted by molar-refractivity contribution is 0.0601. The molecule has 1 N–H and O–H groups in total. The second-order valence-corrected chi connectivity index (χ2v) is 4.62. The second-order valence-electron chi connectivity index (χ2n) is 4.62. The molecule has 2 heterocycles. The number of anilines is 1. The van der Waals surface area contributed by atoms with E-state index >= 15 is 0 Å². The van der Waals surface area contributed by atoms with Crippen molar-refractivity contribution < 1.29 is 18.4 Å². The third-order valence-corrected chi connectivity index (χ3v) is 3.29. The van der Waals surface area contributed by atoms with Gasteiger partial charge in [-0.3, -0.25) is 0 Å². The smallest absolute Gasteiger partial charge is 0.337 e. The lowest BCUT2D eigenvalue weighted by atomic mass is 10.1. The van der Waals surface area contributed by atoms with E-state index in [1.165, 1.54) is 7.11 Å². The van der Waals surface area contributed by atoms with Gasteiger partial charge in [-0.25, -0.2) is 4.79 Å². The molecule has 0 aliphatic carbocycles. The Morgan fingerprint density at radius 3 is 2.95 bits per heavy atom. The fraction of sp³-hybridized carbons (Fsp3) is 0.188. The van der Waals surface area contributed by atoms with Crippen molar-refractivity contribution in [2.75, 3.05) is 19.0 Å². The van der Waals surface area contributed by atoms with Crippen LogP contribution in [0, 0.1) is 0 Å². The van der Waals surface area contributed by atoms with Crippen LogP contribution in [0.4, 0.5) is 5.88 Å². The molecular formula is C16H15NO4. The molecule has 3 aromatic rings. The molecule has 0 unspecified atom stereocenters. The summed E-state index contributed by atoms with van der Waals surface area (Å²) < 4.78 is 15.4. The first-order chi connectivity index (χ1) is 10.3. The Balaban J connectivity index is 1.76. The van der Waals surface area contributed by atoms with Crippen molar-refractivity contribution in [1.82, 2.24) is 0 Å². The lowest BCUT2D eigenvalue weighted by Crippen LogP contribution is -2.04. The lowest BCUT2D eigenvalue weighted by Gasteiger charge is -2.02. The number of methoxy groups -OCH3 is 1. The third kappa shape index (κ3) is 2.76. The summed E-state index contributed by atoms with van der Waals surface area (Å²) >= 11 is 0. The van der Waals surface area contributed by atoms with Crippen molar-refractivity contribution in [3.8, 4) is 0 Å². The van der Waals surface area contributed by atoms with Gasteiger partial charge in [-0.05, 0) is 36.2 Å². The number of benzene rings is 1. The van der Waals surface area contributed by atoms with Crippen molar-refractivity contribution in [1.29, 1.82) is 0 Å². The number of ether oxygens (including phenoxy) is 1. The average molecular weight is 285 g/mol. The molecule has 0 fully saturated rings. The van der Waals surface area contributed by atoms with Gasteiger partial charge in [0.05, 0.1) is 25.2 Å². The van der Waals surface area contributed by atoms with Crippen LogP contribution in [-0.2, 0) is 11.2 Å². The van der Waals surface area contributed by atoms with E-state index in [4.69, 9.17) is 13.6 Å². The minimum Gasteiger partial charge on any atom is -0.465 e. The molecule has 0 radical (unpaired) electrons. The Hall–Kier alpha value is -2.69. The molecule has 5 heteroatoms. The molecule has 3 rings (SSSR count). The van der Waals surface area contributed by atoms with Crippen molar-refractivity contribution in [3.05, 3.63) is 54.0 Å². The Bertz CT molecular complexity index is 743. The molecule has 0 amide bonds. The summed E-state index contributed by atoms with van der Waals surface area (Å²) in [6.07, 6.45) is 4.10. The van der Waals surface area contributed by atoms with E-state index in [-0.39, 0.29) is 5.97 Å². The van der Waals surface area contributed by atoms with Crippen molar-refractivity contribution in [2.24, 2.45) is 0 Å². The standard InChI is InChI=1S/C16H15NO4/c1-19-16(18)11-4-5-14-13(9-11)12(10-21-14)6-7-17-15-3-2-8-20-15/h2-5,8-10,17H,6-7H2,1H3. The number of hydrogen-bond acceptors (Lipinski definition) is 5. The first-order valence-electron chi connectivity index (χ1n) is 6.64. The average Bonchev–Trinajstić information content (AvgIpc) is 3.16. The quantitative estimate of drug-likeness (QED) is 0.727. The van der Waals surface area contributed by atoms with Gasteiger partial charge in [0.15, 0.2) is 5.88 Å². The molecular weight excluding hydrogens is 270 g/mol. The van der Waals surface area contributed by atoms with Crippen LogP contribution in [0.5, 0.6) is 0 Å². The Morgan fingerprint density at radius 1 is 1.29 bits per heavy atom. The van der Waals surface area contributed by atoms with Gasteiger partial charge in [0.25, 0.3) is 0 Å². The van der Waals surface area contributed by atoms with E-state index < -0.39 is 0 Å². The highest BCUT2D eigenvalue weighted by Gasteiger charge is 2.11. The van der Waals surface area contributed by atoms with Gasteiger partial charge in [-0.15, -0.1) is 0 Å². The molecule has 0 aliphatic rings. The number of nitrogens with one attached hydrogen (secondary N) is 1. The Morgan fingerprint density at radius 2 is 2.19 bits per heavy atom. The highest BCUT2D eigenvalue weighted by Crippen LogP contribution is 2.23. The molecule has 2 aromatic heterocycles. The monoisotopic (exact) mass is 285 g/mol. The molecule has 0 aliphatic heterocycles. The number of carbonyl (C=O) groups excluding carboxylic acids is 1. The molecule has 0 saturated carbocycles. The van der Waals surface area contributed by atoms with Gasteiger partial charge in [0.2, 0.25) is 0 Å². The van der Waals surface area contributed by atoms with Crippen LogP contribution in [-0.4, -0.2) is 19.6 Å². The molecule has 21 heavy (non-hydrogen) atoms. The number of carbonyl (C=O) groups is 1. The van der Waals surface area contributed by atoms with Crippen LogP contribution in [0.15, 0.2) is 51.7 Å². The number of fused-ring (bicyclic) bond motifs is 1. The topological polar surface area (TPSA) is 64.6 Å². The number of hydrogen-bond donors (Lipinski definition) is 1. The zero-order valence-electron chi connectivity index (χ0n) is 11.6. The molecule has 1 aromatic carbocycles. The van der Waals surface area contributed by atoms with Crippen molar-refractivity contribution in [2.45, 2.75) is 6.42 Å². The summed E-state index contributed by atoms with van der Waals surface area (Å²) in [5.41, 5.74) is 2.32. The van der Waals surface area contributed by atoms with Gasteiger partial charge in [0, 0.05) is 18.0 Å². The van der Waals surface area contributed by atoms with Crippen LogP contribution >= 0.6 is 0 Å². The van der Waals surface area contributed by atoms with Crippen LogP contribution in [0.25, 0.3) is 11.0 Å². The molecule has 5 nitrogen and oxygen atoms in total. The van der Waals surface area contributed by atoms with E-state index in [0.29, 0.717) is 12.1 Å². The summed E-state index contributed by atoms with van der Waals surface area (Å²) in [5, 5.41) is 4.11. The summed E-state index contributed by atoms with van der Waals surface area (Å²) in [4.78, 5) is 11.6. The maximum Gasteiger partial charge on any atom is 0.337 e. The molecule has 108 valence electrons. The number of rotatable bonds is 5. The SMILES string of the molecule is COC(=O)c1ccc2occ(CCNc3ccco3)c2c1. The third-order valence-electron chi connectivity index (χ3n) is 3.29. The van der Waals surface area contributed by atoms with E-state index in [1.807, 2.05) is 12.1 Å². The summed E-state index contributed by atoms with van der Waals surface area (Å²) in [6, 6.07) is 8.97. The largest absolute Gasteiger partial charge is 0.465 e. The molecule has 0 atom stereocenters. The van der Waals surface area contributed by atoms with Crippen LogP contribution in [0.3, 0.4) is 0 Å². The zero-order chi connectivity index (χ0) is 14.7. The maximum atomic E-state index is 11.6. The summed E-state index contributed by atoms with van der Waals surface area (Å²) in [5.74, 6) is 0.385. The zero-order valence-corrected chi connectivity index (χ0v) is 11.6. The first-order valence-corrected chi connectivity index (χ1v) is 6.64. The number of esters is 1. The van der Waals surface area contributed by atoms with Gasteiger partial charge < -0.3 is 18.9 Å². The maximum absolute atomic E-state index is 11.6. The van der Waals surface area contributed by atoms with Crippen molar-refractivity contribution >= 4 is 22.8 Å². The predicted molar refractivity (Wildman–Crippen MR) is 78.5 cm³/mol. The summed E-state index contributed by atoms with van der Waals surface area (Å²) in [7, 11) is 1.37. The van der Waals surface area contributed by atoms with Crippen molar-refractivity contribution in [3.63, 3.8) is 0 Å². The highest BCUT2D eigenvalue weighted by molar-refractivity contribution is 5.95. The number of furan rings is 2. The fourth-order valence-electron chi connectivity index (χ4n) is 2.22. The van der Waals surface area contributed by atoms with Gasteiger partial charge in [-0.2, -0.15) is 0 Å². The van der Waals surface area contributed by atoms with Gasteiger partial charge in [0.1, 0.15) is 5.58 Å². The van der Waals surface area contributed by atoms with E-state index in [9.17, 15) is 4.79 Å². The van der Waals surface area contributed by atoms with Crippen LogP contribution in [0.1, 0.15) is 15.9 Å². The molecule has 0 bridgehead atoms. The molecule has 0 spiro atoms. The second kappa shape index (κ2) is 5.75. The van der Waals surface area contributed by atoms with Crippen LogP contribution in [0.2, 0.25) is 0 Å². The normalized spacial score (nSPS) is 10.7. The highest BCUT2D eigenvalue weighted by atomic mass is 16.5. The van der Waals surface area contributed by atoms with E-state index in [0.717, 1.165) is 28.8 Å². The fourth-order valence-corrected chi connectivity index (χ4v) is 2.22. The molecule has 0 saturated heterocycles. The minimum atomic E-state index is -0.349. The van der Waals surface area contributed by atoms with Gasteiger partial charge >= 0.3 is 5.97 Å². The van der Waals surface area contributed by atoms with E-state index in [1.54, 1.807) is 30.7 Å². The van der Waals surface area contributed by atoms with Crippen LogP contribution < -0.4 is 5.32 Å². The van der Waals surface area contributed by atoms with E-state index in [2.05, 4.69) is 5.32 Å².